The molecule has 0 aromatic heterocycles. The lowest BCUT2D eigenvalue weighted by atomic mass is 10.0. The molecule has 108 valence electrons. The Morgan fingerprint density at radius 2 is 1.95 bits per heavy atom. The molecule has 0 saturated carbocycles. The van der Waals surface area contributed by atoms with Crippen LogP contribution in [0.25, 0.3) is 0 Å². The minimum absolute atomic E-state index is 0.186. The average Bonchev–Trinajstić information content (AvgIpc) is 2.91. The standard InChI is InChI=1S/C17H18N2O2/c1-12-6-2-4-8-15(12)19-17(20)18-10-13-11-21-16-9-5-3-7-14(13)16/h2-9,13H,10-11H2,1H3,(H2,18,19,20)/t13-/m0/s1. The summed E-state index contributed by atoms with van der Waals surface area (Å²) in [5.74, 6) is 1.13. The molecule has 1 aliphatic heterocycles. The van der Waals surface area contributed by atoms with Crippen molar-refractivity contribution in [2.24, 2.45) is 0 Å². The summed E-state index contributed by atoms with van der Waals surface area (Å²) in [4.78, 5) is 12.0. The predicted molar refractivity (Wildman–Crippen MR) is 82.9 cm³/mol. The number of urea groups is 1. The first-order chi connectivity index (χ1) is 10.2. The van der Waals surface area contributed by atoms with Crippen molar-refractivity contribution in [3.05, 3.63) is 59.7 Å². The predicted octanol–water partition coefficient (Wildman–Crippen LogP) is 3.29. The van der Waals surface area contributed by atoms with Gasteiger partial charge in [0.15, 0.2) is 0 Å². The lowest BCUT2D eigenvalue weighted by molar-refractivity contribution is 0.250. The molecule has 0 saturated heterocycles. The fourth-order valence-corrected chi connectivity index (χ4v) is 2.49. The molecule has 0 radical (unpaired) electrons. The molecule has 3 rings (SSSR count). The van der Waals surface area contributed by atoms with E-state index in [-0.39, 0.29) is 11.9 Å². The van der Waals surface area contributed by atoms with Crippen molar-refractivity contribution in [1.82, 2.24) is 5.32 Å². The van der Waals surface area contributed by atoms with Gasteiger partial charge in [-0.25, -0.2) is 4.79 Å². The third kappa shape index (κ3) is 2.99. The summed E-state index contributed by atoms with van der Waals surface area (Å²) in [7, 11) is 0. The molecule has 0 spiro atoms. The van der Waals surface area contributed by atoms with Gasteiger partial charge < -0.3 is 15.4 Å². The van der Waals surface area contributed by atoms with Gasteiger partial charge in [0.1, 0.15) is 5.75 Å². The van der Waals surface area contributed by atoms with Crippen molar-refractivity contribution >= 4 is 11.7 Å². The highest BCUT2D eigenvalue weighted by Gasteiger charge is 2.23. The molecule has 4 heteroatoms. The maximum absolute atomic E-state index is 12.0. The van der Waals surface area contributed by atoms with Gasteiger partial charge in [0.25, 0.3) is 0 Å². The lowest BCUT2D eigenvalue weighted by Crippen LogP contribution is -2.33. The average molecular weight is 282 g/mol. The number of carbonyl (C=O) groups is 1. The second-order valence-corrected chi connectivity index (χ2v) is 5.20. The van der Waals surface area contributed by atoms with Gasteiger partial charge in [0.2, 0.25) is 0 Å². The minimum Gasteiger partial charge on any atom is -0.493 e. The third-order valence-electron chi connectivity index (χ3n) is 3.70. The number of nitrogens with one attached hydrogen (secondary N) is 2. The van der Waals surface area contributed by atoms with Crippen molar-refractivity contribution in [3.8, 4) is 5.75 Å². The van der Waals surface area contributed by atoms with E-state index in [1.165, 1.54) is 0 Å². The monoisotopic (exact) mass is 282 g/mol. The van der Waals surface area contributed by atoms with E-state index in [1.54, 1.807) is 0 Å². The highest BCUT2D eigenvalue weighted by atomic mass is 16.5. The first-order valence-corrected chi connectivity index (χ1v) is 7.06. The third-order valence-corrected chi connectivity index (χ3v) is 3.70. The van der Waals surface area contributed by atoms with Crippen molar-refractivity contribution in [1.29, 1.82) is 0 Å². The van der Waals surface area contributed by atoms with E-state index in [0.717, 1.165) is 22.6 Å². The highest BCUT2D eigenvalue weighted by Crippen LogP contribution is 2.32. The van der Waals surface area contributed by atoms with Crippen LogP contribution in [-0.4, -0.2) is 19.2 Å². The molecule has 2 aromatic rings. The minimum atomic E-state index is -0.186. The van der Waals surface area contributed by atoms with Gasteiger partial charge in [-0.15, -0.1) is 0 Å². The molecule has 1 atom stereocenters. The molecule has 2 N–H and O–H groups in total. The van der Waals surface area contributed by atoms with E-state index in [2.05, 4.69) is 10.6 Å². The van der Waals surface area contributed by atoms with Crippen LogP contribution in [0.15, 0.2) is 48.5 Å². The maximum atomic E-state index is 12.0. The van der Waals surface area contributed by atoms with Crippen molar-refractivity contribution in [2.45, 2.75) is 12.8 Å². The molecule has 1 aliphatic rings. The van der Waals surface area contributed by atoms with Crippen molar-refractivity contribution in [2.75, 3.05) is 18.5 Å². The molecule has 0 aliphatic carbocycles. The van der Waals surface area contributed by atoms with Gasteiger partial charge in [-0.3, -0.25) is 0 Å². The van der Waals surface area contributed by atoms with Crippen LogP contribution in [0, 0.1) is 6.92 Å². The van der Waals surface area contributed by atoms with E-state index in [4.69, 9.17) is 4.74 Å². The van der Waals surface area contributed by atoms with Crippen LogP contribution in [0.5, 0.6) is 5.75 Å². The van der Waals surface area contributed by atoms with Crippen LogP contribution in [0.2, 0.25) is 0 Å². The lowest BCUT2D eigenvalue weighted by Gasteiger charge is -2.12. The number of hydrogen-bond donors (Lipinski definition) is 2. The summed E-state index contributed by atoms with van der Waals surface area (Å²) >= 11 is 0. The van der Waals surface area contributed by atoms with Gasteiger partial charge >= 0.3 is 6.03 Å². The Morgan fingerprint density at radius 3 is 2.81 bits per heavy atom. The van der Waals surface area contributed by atoms with Crippen LogP contribution in [0.3, 0.4) is 0 Å². The van der Waals surface area contributed by atoms with E-state index < -0.39 is 0 Å². The molecule has 1 heterocycles. The van der Waals surface area contributed by atoms with E-state index in [1.807, 2.05) is 55.5 Å². The van der Waals surface area contributed by atoms with Crippen LogP contribution in [-0.2, 0) is 0 Å². The normalized spacial score (nSPS) is 16.0. The number of carbonyl (C=O) groups excluding carboxylic acids is 1. The van der Waals surface area contributed by atoms with E-state index >= 15 is 0 Å². The Morgan fingerprint density at radius 1 is 1.19 bits per heavy atom. The van der Waals surface area contributed by atoms with Gasteiger partial charge in [0, 0.05) is 23.7 Å². The summed E-state index contributed by atoms with van der Waals surface area (Å²) in [5, 5.41) is 5.78. The molecular weight excluding hydrogens is 264 g/mol. The quantitative estimate of drug-likeness (QED) is 0.907. The molecule has 2 aromatic carbocycles. The van der Waals surface area contributed by atoms with Crippen molar-refractivity contribution < 1.29 is 9.53 Å². The first-order valence-electron chi connectivity index (χ1n) is 7.06. The number of amides is 2. The number of anilines is 1. The molecule has 4 nitrogen and oxygen atoms in total. The zero-order valence-electron chi connectivity index (χ0n) is 11.9. The van der Waals surface area contributed by atoms with Gasteiger partial charge in [-0.1, -0.05) is 36.4 Å². The van der Waals surface area contributed by atoms with Gasteiger partial charge in [0.05, 0.1) is 6.61 Å². The number of ether oxygens (including phenoxy) is 1. The molecule has 21 heavy (non-hydrogen) atoms. The first kappa shape index (κ1) is 13.5. The molecule has 2 amide bonds. The SMILES string of the molecule is Cc1ccccc1NC(=O)NC[C@H]1COc2ccccc21. The number of benzene rings is 2. The fourth-order valence-electron chi connectivity index (χ4n) is 2.49. The zero-order valence-corrected chi connectivity index (χ0v) is 11.9. The van der Waals surface area contributed by atoms with Crippen molar-refractivity contribution in [3.63, 3.8) is 0 Å². The summed E-state index contributed by atoms with van der Waals surface area (Å²) in [6, 6.07) is 15.5. The Kier molecular flexibility index (Phi) is 3.77. The summed E-state index contributed by atoms with van der Waals surface area (Å²) in [5.41, 5.74) is 3.04. The van der Waals surface area contributed by atoms with Crippen LogP contribution in [0.4, 0.5) is 10.5 Å². The highest BCUT2D eigenvalue weighted by molar-refractivity contribution is 5.90. The Hall–Kier alpha value is -2.49. The number of aryl methyl sites for hydroxylation is 1. The Labute approximate surface area is 124 Å². The van der Waals surface area contributed by atoms with Gasteiger partial charge in [-0.05, 0) is 24.6 Å². The maximum Gasteiger partial charge on any atom is 0.319 e. The number of para-hydroxylation sites is 2. The van der Waals surface area contributed by atoms with E-state index in [0.29, 0.717) is 13.2 Å². The van der Waals surface area contributed by atoms with Crippen LogP contribution in [0.1, 0.15) is 17.0 Å². The smallest absolute Gasteiger partial charge is 0.319 e. The second kappa shape index (κ2) is 5.87. The molecule has 0 bridgehead atoms. The number of rotatable bonds is 3. The zero-order chi connectivity index (χ0) is 14.7. The summed E-state index contributed by atoms with van der Waals surface area (Å²) < 4.78 is 5.61. The Bertz CT molecular complexity index is 655. The largest absolute Gasteiger partial charge is 0.493 e. The second-order valence-electron chi connectivity index (χ2n) is 5.20. The Balaban J connectivity index is 1.57. The fraction of sp³-hybridized carbons (Fsp3) is 0.235. The molecule has 0 fully saturated rings. The number of hydrogen-bond acceptors (Lipinski definition) is 2. The van der Waals surface area contributed by atoms with E-state index in [9.17, 15) is 4.79 Å². The number of fused-ring (bicyclic) bond motifs is 1. The topological polar surface area (TPSA) is 50.4 Å². The summed E-state index contributed by atoms with van der Waals surface area (Å²) in [6.45, 7) is 3.15. The van der Waals surface area contributed by atoms with Crippen LogP contribution < -0.4 is 15.4 Å². The van der Waals surface area contributed by atoms with Crippen LogP contribution >= 0.6 is 0 Å². The molecule has 0 unspecified atom stereocenters. The molecular formula is C17H18N2O2. The summed E-state index contributed by atoms with van der Waals surface area (Å²) in [6.07, 6.45) is 0. The van der Waals surface area contributed by atoms with Gasteiger partial charge in [-0.2, -0.15) is 0 Å².